The first kappa shape index (κ1) is 33.7. The molecule has 2 amide bonds. The van der Waals surface area contributed by atoms with Gasteiger partial charge in [-0.15, -0.1) is 34.4 Å². The molecule has 2 aromatic carbocycles. The summed E-state index contributed by atoms with van der Waals surface area (Å²) in [5.74, 6) is 1.62. The number of methoxy groups -OCH3 is 2. The first-order valence-corrected chi connectivity index (χ1v) is 14.8. The maximum atomic E-state index is 11.1. The van der Waals surface area contributed by atoms with E-state index in [1.807, 2.05) is 42.5 Å². The van der Waals surface area contributed by atoms with Gasteiger partial charge in [0.2, 0.25) is 11.8 Å². The van der Waals surface area contributed by atoms with Gasteiger partial charge >= 0.3 is 0 Å². The third kappa shape index (κ3) is 9.56. The van der Waals surface area contributed by atoms with Crippen molar-refractivity contribution in [2.45, 2.75) is 12.1 Å². The number of thioether (sulfide) groups is 1. The Labute approximate surface area is 254 Å². The second kappa shape index (κ2) is 16.7. The van der Waals surface area contributed by atoms with Crippen molar-refractivity contribution in [2.24, 2.45) is 22.2 Å². The predicted molar refractivity (Wildman–Crippen MR) is 168 cm³/mol. The number of carbonyl (C=O) groups excluding carboxylic acids is 2. The molecule has 218 valence electrons. The number of hydrogen-bond acceptors (Lipinski definition) is 14. The number of fused-ring (bicyclic) bond motifs is 2. The van der Waals surface area contributed by atoms with Crippen LogP contribution in [0.3, 0.4) is 0 Å². The summed E-state index contributed by atoms with van der Waals surface area (Å²) >= 11 is 8.17. The first-order valence-electron chi connectivity index (χ1n) is 11.6. The van der Waals surface area contributed by atoms with Gasteiger partial charge < -0.3 is 31.8 Å². The van der Waals surface area contributed by atoms with Crippen molar-refractivity contribution in [1.29, 1.82) is 5.26 Å². The molecule has 41 heavy (non-hydrogen) atoms. The summed E-state index contributed by atoms with van der Waals surface area (Å²) in [6.45, 7) is 0. The number of thiazole rings is 2. The summed E-state index contributed by atoms with van der Waals surface area (Å²) in [5, 5.41) is 17.7. The van der Waals surface area contributed by atoms with Crippen molar-refractivity contribution in [2.75, 3.05) is 32.8 Å². The van der Waals surface area contributed by atoms with Crippen molar-refractivity contribution < 1.29 is 24.2 Å². The van der Waals surface area contributed by atoms with E-state index in [9.17, 15) is 9.59 Å². The Hall–Kier alpha value is -3.46. The summed E-state index contributed by atoms with van der Waals surface area (Å²) in [6, 6.07) is 12.3. The Kier molecular flexibility index (Phi) is 13.8. The SMILES string of the molecule is CO.COc1ccc2nc(C#N)sc2c1.COc1ccc2nc(C3=N[C@@H](C(N)=O)CS3)sc2c1.NC(=O)[C@H](N)CS. The van der Waals surface area contributed by atoms with Crippen LogP contribution in [0.5, 0.6) is 11.5 Å². The Bertz CT molecular complexity index is 1550. The molecular formula is C25H29N7O5S4. The van der Waals surface area contributed by atoms with E-state index in [4.69, 9.17) is 37.0 Å². The second-order valence-corrected chi connectivity index (χ2v) is 11.1. The lowest BCUT2D eigenvalue weighted by atomic mass is 10.3. The summed E-state index contributed by atoms with van der Waals surface area (Å²) in [6.07, 6.45) is 0. The molecule has 2 atom stereocenters. The molecule has 7 N–H and O–H groups in total. The van der Waals surface area contributed by atoms with E-state index in [1.54, 1.807) is 25.6 Å². The van der Waals surface area contributed by atoms with Gasteiger partial charge in [-0.1, -0.05) is 0 Å². The van der Waals surface area contributed by atoms with Crippen LogP contribution in [0.4, 0.5) is 0 Å². The zero-order chi connectivity index (χ0) is 30.5. The number of aliphatic imine (C=N–C) groups is 1. The van der Waals surface area contributed by atoms with Gasteiger partial charge in [0.05, 0.1) is 40.7 Å². The van der Waals surface area contributed by atoms with Gasteiger partial charge in [-0.05, 0) is 36.4 Å². The maximum absolute atomic E-state index is 11.1. The molecule has 0 spiro atoms. The highest BCUT2D eigenvalue weighted by Crippen LogP contribution is 2.31. The van der Waals surface area contributed by atoms with Crippen molar-refractivity contribution in [3.63, 3.8) is 0 Å². The molecule has 12 nitrogen and oxygen atoms in total. The fourth-order valence-corrected chi connectivity index (χ4v) is 6.01. The van der Waals surface area contributed by atoms with Gasteiger partial charge in [0.15, 0.2) is 5.01 Å². The number of rotatable bonds is 6. The summed E-state index contributed by atoms with van der Waals surface area (Å²) < 4.78 is 12.3. The number of hydrogen-bond donors (Lipinski definition) is 5. The van der Waals surface area contributed by atoms with Gasteiger partial charge in [-0.3, -0.25) is 14.6 Å². The number of ether oxygens (including phenoxy) is 2. The number of benzene rings is 2. The number of nitrogens with two attached hydrogens (primary N) is 3. The van der Waals surface area contributed by atoms with E-state index in [1.165, 1.54) is 23.1 Å². The monoisotopic (exact) mass is 635 g/mol. The van der Waals surface area contributed by atoms with Crippen LogP contribution in [0, 0.1) is 11.3 Å². The largest absolute Gasteiger partial charge is 0.497 e. The zero-order valence-corrected chi connectivity index (χ0v) is 25.7. The molecule has 4 aromatic rings. The van der Waals surface area contributed by atoms with E-state index < -0.39 is 18.0 Å². The fourth-order valence-electron chi connectivity index (χ4n) is 2.93. The van der Waals surface area contributed by atoms with E-state index in [-0.39, 0.29) is 5.91 Å². The van der Waals surface area contributed by atoms with E-state index in [0.717, 1.165) is 49.1 Å². The molecule has 0 aliphatic carbocycles. The molecule has 1 aliphatic heterocycles. The molecular weight excluding hydrogens is 607 g/mol. The van der Waals surface area contributed by atoms with Gasteiger partial charge in [0, 0.05) is 18.6 Å². The number of nitrogens with zero attached hydrogens (tertiary/aromatic N) is 4. The van der Waals surface area contributed by atoms with Crippen LogP contribution in [0.1, 0.15) is 10.0 Å². The standard InChI is InChI=1S/C12H11N3O2S2.C9H6N2OS.C3H8N2OS.CH4O/c1-17-6-2-3-7-9(4-6)19-12(14-7)11-15-8(5-18-11)10(13)16;1-12-6-2-3-7-8(4-6)13-9(5-10)11-7;4-2(1-7)3(5)6;1-2/h2-4,8H,5H2,1H3,(H2,13,16);2-4H,1H3;2,7H,1,4H2,(H2,5,6);2H,1H3/t8-;;2-;/m1.1./s1. The van der Waals surface area contributed by atoms with Crippen molar-refractivity contribution in [1.82, 2.24) is 9.97 Å². The maximum Gasteiger partial charge on any atom is 0.243 e. The average Bonchev–Trinajstić information content (AvgIpc) is 3.75. The predicted octanol–water partition coefficient (Wildman–Crippen LogP) is 2.17. The minimum Gasteiger partial charge on any atom is -0.497 e. The Morgan fingerprint density at radius 1 is 1.07 bits per heavy atom. The van der Waals surface area contributed by atoms with Gasteiger partial charge in [-0.25, -0.2) is 9.97 Å². The van der Waals surface area contributed by atoms with Crippen LogP contribution in [-0.2, 0) is 9.59 Å². The number of aliphatic hydroxyl groups is 1. The van der Waals surface area contributed by atoms with Crippen LogP contribution in [0.2, 0.25) is 0 Å². The normalized spacial score (nSPS) is 14.2. The van der Waals surface area contributed by atoms with Crippen LogP contribution in [0.15, 0.2) is 41.4 Å². The van der Waals surface area contributed by atoms with E-state index >= 15 is 0 Å². The Balaban J connectivity index is 0.000000232. The molecule has 0 radical (unpaired) electrons. The van der Waals surface area contributed by atoms with Gasteiger partial charge in [0.25, 0.3) is 0 Å². The molecule has 16 heteroatoms. The van der Waals surface area contributed by atoms with E-state index in [2.05, 4.69) is 27.6 Å². The lowest BCUT2D eigenvalue weighted by Crippen LogP contribution is -2.37. The molecule has 0 fully saturated rings. The first-order chi connectivity index (χ1) is 19.7. The highest BCUT2D eigenvalue weighted by Gasteiger charge is 2.25. The number of nitriles is 1. The van der Waals surface area contributed by atoms with E-state index in [0.29, 0.717) is 16.5 Å². The number of amides is 2. The Morgan fingerprint density at radius 2 is 1.63 bits per heavy atom. The van der Waals surface area contributed by atoms with Crippen LogP contribution in [-0.4, -0.2) is 76.9 Å². The minimum absolute atomic E-state index is 0.315. The topological polar surface area (TPSA) is 213 Å². The van der Waals surface area contributed by atoms with Crippen molar-refractivity contribution >= 4 is 84.4 Å². The fraction of sp³-hybridized carbons (Fsp3) is 0.280. The minimum atomic E-state index is -0.594. The molecule has 1 aliphatic rings. The highest BCUT2D eigenvalue weighted by molar-refractivity contribution is 8.15. The zero-order valence-electron chi connectivity index (χ0n) is 22.3. The molecule has 3 heterocycles. The number of aromatic nitrogens is 2. The highest BCUT2D eigenvalue weighted by atomic mass is 32.2. The summed E-state index contributed by atoms with van der Waals surface area (Å²) in [7, 11) is 4.25. The number of thiol groups is 1. The van der Waals surface area contributed by atoms with Gasteiger partial charge in [0.1, 0.15) is 33.7 Å². The van der Waals surface area contributed by atoms with Crippen LogP contribution in [0.25, 0.3) is 20.4 Å². The quantitative estimate of drug-likeness (QED) is 0.195. The third-order valence-corrected chi connectivity index (χ3v) is 8.54. The summed E-state index contributed by atoms with van der Waals surface area (Å²) in [4.78, 5) is 34.0. The number of aliphatic hydroxyl groups excluding tert-OH is 1. The molecule has 0 saturated carbocycles. The number of primary amides is 2. The Morgan fingerprint density at radius 3 is 2.07 bits per heavy atom. The van der Waals surface area contributed by atoms with Gasteiger partial charge in [-0.2, -0.15) is 17.9 Å². The van der Waals surface area contributed by atoms with Crippen molar-refractivity contribution in [3.8, 4) is 17.6 Å². The lowest BCUT2D eigenvalue weighted by molar-refractivity contribution is -0.119. The van der Waals surface area contributed by atoms with Crippen molar-refractivity contribution in [3.05, 3.63) is 46.4 Å². The lowest BCUT2D eigenvalue weighted by Gasteiger charge is -1.98. The molecule has 2 aromatic heterocycles. The summed E-state index contributed by atoms with van der Waals surface area (Å²) in [5.41, 5.74) is 16.8. The molecule has 5 rings (SSSR count). The average molecular weight is 636 g/mol. The molecule has 0 saturated heterocycles. The smallest absolute Gasteiger partial charge is 0.243 e. The number of carbonyl (C=O) groups is 2. The molecule has 0 bridgehead atoms. The van der Waals surface area contributed by atoms with Crippen LogP contribution >= 0.6 is 47.1 Å². The van der Waals surface area contributed by atoms with Crippen LogP contribution < -0.4 is 26.7 Å². The molecule has 0 unspecified atom stereocenters. The second-order valence-electron chi connectivity index (χ2n) is 7.67. The third-order valence-electron chi connectivity index (χ3n) is 5.01.